The highest BCUT2D eigenvalue weighted by molar-refractivity contribution is 7.09. The predicted octanol–water partition coefficient (Wildman–Crippen LogP) is 3.25. The number of ether oxygens (including phenoxy) is 2. The molecule has 4 nitrogen and oxygen atoms in total. The molecule has 0 amide bonds. The van der Waals surface area contributed by atoms with Gasteiger partial charge >= 0.3 is 0 Å². The van der Waals surface area contributed by atoms with Gasteiger partial charge in [0.05, 0.1) is 20.3 Å². The van der Waals surface area contributed by atoms with E-state index in [0.717, 1.165) is 22.1 Å². The number of methoxy groups -OCH3 is 2. The lowest BCUT2D eigenvalue weighted by atomic mass is 10.0. The van der Waals surface area contributed by atoms with Crippen LogP contribution in [0.25, 0.3) is 0 Å². The van der Waals surface area contributed by atoms with Gasteiger partial charge in [0.25, 0.3) is 0 Å². The van der Waals surface area contributed by atoms with Crippen LogP contribution in [0.4, 0.5) is 0 Å². The summed E-state index contributed by atoms with van der Waals surface area (Å²) in [5.74, 6) is 1.59. The van der Waals surface area contributed by atoms with Gasteiger partial charge < -0.3 is 14.8 Å². The summed E-state index contributed by atoms with van der Waals surface area (Å²) in [4.78, 5) is 4.43. The molecule has 1 aromatic heterocycles. The Balaban J connectivity index is 2.43. The number of hydrogen-bond donors (Lipinski definition) is 1. The molecule has 0 aliphatic rings. The van der Waals surface area contributed by atoms with Gasteiger partial charge in [0, 0.05) is 29.2 Å². The Hall–Kier alpha value is -1.59. The number of rotatable bonds is 6. The molecule has 1 N–H and O–H groups in total. The summed E-state index contributed by atoms with van der Waals surface area (Å²) in [7, 11) is 3.33. The van der Waals surface area contributed by atoms with Crippen LogP contribution in [0.2, 0.25) is 0 Å². The number of nitrogens with zero attached hydrogens (tertiary/aromatic N) is 1. The van der Waals surface area contributed by atoms with Gasteiger partial charge in [0.15, 0.2) is 0 Å². The lowest BCUT2D eigenvalue weighted by Gasteiger charge is -2.22. The Bertz CT molecular complexity index is 541. The van der Waals surface area contributed by atoms with Gasteiger partial charge in [0.1, 0.15) is 16.5 Å². The monoisotopic (exact) mass is 292 g/mol. The van der Waals surface area contributed by atoms with Crippen molar-refractivity contribution in [2.45, 2.75) is 25.9 Å². The third-order valence-corrected chi connectivity index (χ3v) is 3.79. The summed E-state index contributed by atoms with van der Waals surface area (Å²) in [5, 5.41) is 6.55. The molecule has 0 radical (unpaired) electrons. The zero-order valence-electron chi connectivity index (χ0n) is 12.2. The summed E-state index contributed by atoms with van der Waals surface area (Å²) in [5.41, 5.74) is 1.07. The molecule has 2 rings (SSSR count). The highest BCUT2D eigenvalue weighted by atomic mass is 32.1. The third-order valence-electron chi connectivity index (χ3n) is 2.95. The van der Waals surface area contributed by atoms with E-state index in [1.807, 2.05) is 29.8 Å². The lowest BCUT2D eigenvalue weighted by Crippen LogP contribution is -2.29. The van der Waals surface area contributed by atoms with Gasteiger partial charge in [-0.1, -0.05) is 0 Å². The first-order chi connectivity index (χ1) is 9.65. The van der Waals surface area contributed by atoms with E-state index in [2.05, 4.69) is 24.1 Å². The van der Waals surface area contributed by atoms with Crippen molar-refractivity contribution in [1.82, 2.24) is 10.3 Å². The number of hydrogen-bond acceptors (Lipinski definition) is 5. The predicted molar refractivity (Wildman–Crippen MR) is 81.8 cm³/mol. The lowest BCUT2D eigenvalue weighted by molar-refractivity contribution is 0.385. The van der Waals surface area contributed by atoms with Crippen LogP contribution >= 0.6 is 11.3 Å². The van der Waals surface area contributed by atoms with E-state index in [1.165, 1.54) is 0 Å². The summed E-state index contributed by atoms with van der Waals surface area (Å²) < 4.78 is 10.8. The van der Waals surface area contributed by atoms with Crippen LogP contribution in [-0.4, -0.2) is 25.2 Å². The Labute approximate surface area is 123 Å². The largest absolute Gasteiger partial charge is 0.497 e. The molecule has 1 atom stereocenters. The van der Waals surface area contributed by atoms with Crippen molar-refractivity contribution in [3.05, 3.63) is 40.3 Å². The van der Waals surface area contributed by atoms with Gasteiger partial charge in [-0.3, -0.25) is 0 Å². The minimum absolute atomic E-state index is 0.0239. The quantitative estimate of drug-likeness (QED) is 0.887. The maximum atomic E-state index is 5.51. The summed E-state index contributed by atoms with van der Waals surface area (Å²) in [6.07, 6.45) is 1.82. The van der Waals surface area contributed by atoms with Gasteiger partial charge in [-0.25, -0.2) is 4.98 Å². The SMILES string of the molecule is COc1ccc(C(NC(C)C)c2nccs2)c(OC)c1. The molecule has 20 heavy (non-hydrogen) atoms. The first-order valence-electron chi connectivity index (χ1n) is 6.53. The standard InChI is InChI=1S/C15H20N2O2S/c1-10(2)17-14(15-16-7-8-20-15)12-6-5-11(18-3)9-13(12)19-4/h5-10,14,17H,1-4H3. The maximum Gasteiger partial charge on any atom is 0.127 e. The number of thiazole rings is 1. The first-order valence-corrected chi connectivity index (χ1v) is 7.41. The van der Waals surface area contributed by atoms with Crippen molar-refractivity contribution in [3.63, 3.8) is 0 Å². The second kappa shape index (κ2) is 6.72. The Morgan fingerprint density at radius 2 is 2.00 bits per heavy atom. The van der Waals surface area contributed by atoms with Crippen molar-refractivity contribution in [2.24, 2.45) is 0 Å². The molecule has 0 saturated carbocycles. The van der Waals surface area contributed by atoms with Crippen LogP contribution in [0.15, 0.2) is 29.8 Å². The fourth-order valence-corrected chi connectivity index (χ4v) is 2.78. The molecule has 0 spiro atoms. The molecule has 0 aliphatic heterocycles. The van der Waals surface area contributed by atoms with Crippen molar-refractivity contribution in [3.8, 4) is 11.5 Å². The van der Waals surface area contributed by atoms with Crippen molar-refractivity contribution in [1.29, 1.82) is 0 Å². The zero-order chi connectivity index (χ0) is 14.5. The van der Waals surface area contributed by atoms with Crippen molar-refractivity contribution in [2.75, 3.05) is 14.2 Å². The van der Waals surface area contributed by atoms with Crippen LogP contribution in [0, 0.1) is 0 Å². The van der Waals surface area contributed by atoms with E-state index in [4.69, 9.17) is 9.47 Å². The highest BCUT2D eigenvalue weighted by Crippen LogP contribution is 2.34. The summed E-state index contributed by atoms with van der Waals surface area (Å²) >= 11 is 1.64. The number of benzene rings is 1. The molecule has 1 aromatic carbocycles. The molecular formula is C15H20N2O2S. The van der Waals surface area contributed by atoms with Gasteiger partial charge in [-0.2, -0.15) is 0 Å². The molecule has 108 valence electrons. The molecule has 5 heteroatoms. The van der Waals surface area contributed by atoms with E-state index in [-0.39, 0.29) is 6.04 Å². The smallest absolute Gasteiger partial charge is 0.127 e. The molecule has 2 aromatic rings. The topological polar surface area (TPSA) is 43.4 Å². The van der Waals surface area contributed by atoms with Crippen molar-refractivity contribution < 1.29 is 9.47 Å². The molecule has 0 bridgehead atoms. The number of nitrogens with one attached hydrogen (secondary N) is 1. The van der Waals surface area contributed by atoms with Gasteiger partial charge in [-0.15, -0.1) is 11.3 Å². The molecule has 0 aliphatic carbocycles. The second-order valence-electron chi connectivity index (χ2n) is 4.73. The van der Waals surface area contributed by atoms with E-state index >= 15 is 0 Å². The van der Waals surface area contributed by atoms with Gasteiger partial charge in [0.2, 0.25) is 0 Å². The molecular weight excluding hydrogens is 272 g/mol. The highest BCUT2D eigenvalue weighted by Gasteiger charge is 2.21. The third kappa shape index (κ3) is 3.29. The van der Waals surface area contributed by atoms with Gasteiger partial charge in [-0.05, 0) is 26.0 Å². The molecule has 0 saturated heterocycles. The minimum Gasteiger partial charge on any atom is -0.497 e. The molecule has 1 heterocycles. The van der Waals surface area contributed by atoms with Crippen molar-refractivity contribution >= 4 is 11.3 Å². The van der Waals surface area contributed by atoms with E-state index < -0.39 is 0 Å². The Morgan fingerprint density at radius 1 is 1.20 bits per heavy atom. The van der Waals surface area contributed by atoms with Crippen LogP contribution in [0.1, 0.15) is 30.5 Å². The maximum absolute atomic E-state index is 5.51. The number of aromatic nitrogens is 1. The first kappa shape index (κ1) is 14.8. The average Bonchev–Trinajstić information content (AvgIpc) is 2.98. The van der Waals surface area contributed by atoms with E-state index in [0.29, 0.717) is 6.04 Å². The average molecular weight is 292 g/mol. The Morgan fingerprint density at radius 3 is 2.55 bits per heavy atom. The van der Waals surface area contributed by atoms with Crippen LogP contribution < -0.4 is 14.8 Å². The second-order valence-corrected chi connectivity index (χ2v) is 5.66. The molecule has 0 fully saturated rings. The van der Waals surface area contributed by atoms with E-state index in [9.17, 15) is 0 Å². The summed E-state index contributed by atoms with van der Waals surface area (Å²) in [6, 6.07) is 6.24. The zero-order valence-corrected chi connectivity index (χ0v) is 13.0. The normalized spacial score (nSPS) is 12.4. The van der Waals surface area contributed by atoms with Crippen LogP contribution in [-0.2, 0) is 0 Å². The fraction of sp³-hybridized carbons (Fsp3) is 0.400. The fourth-order valence-electron chi connectivity index (χ4n) is 2.06. The summed E-state index contributed by atoms with van der Waals surface area (Å²) in [6.45, 7) is 4.24. The minimum atomic E-state index is 0.0239. The molecule has 1 unspecified atom stereocenters. The van der Waals surface area contributed by atoms with E-state index in [1.54, 1.807) is 25.6 Å². The van der Waals surface area contributed by atoms with Crippen LogP contribution in [0.3, 0.4) is 0 Å². The van der Waals surface area contributed by atoms with Crippen LogP contribution in [0.5, 0.6) is 11.5 Å². The Kier molecular flexibility index (Phi) is 4.98.